The zero-order chi connectivity index (χ0) is 13.8. The Balaban J connectivity index is 1.98. The van der Waals surface area contributed by atoms with Crippen LogP contribution in [0.1, 0.15) is 23.1 Å². The molecule has 0 aliphatic rings. The summed E-state index contributed by atoms with van der Waals surface area (Å²) < 4.78 is 0. The van der Waals surface area contributed by atoms with Crippen molar-refractivity contribution in [2.75, 3.05) is 0 Å². The van der Waals surface area contributed by atoms with Gasteiger partial charge in [0, 0.05) is 11.1 Å². The van der Waals surface area contributed by atoms with Crippen molar-refractivity contribution in [1.82, 2.24) is 20.5 Å². The SMILES string of the molecule is C[C@H](Cc1ccccc1Cl)NC(=O)c1n[nH]c(=O)[nH]1. The summed E-state index contributed by atoms with van der Waals surface area (Å²) in [5.41, 5.74) is 0.441. The summed E-state index contributed by atoms with van der Waals surface area (Å²) in [4.78, 5) is 24.9. The molecule has 1 amide bonds. The normalized spacial score (nSPS) is 12.1. The Morgan fingerprint density at radius 3 is 2.84 bits per heavy atom. The van der Waals surface area contributed by atoms with Crippen LogP contribution in [0.25, 0.3) is 0 Å². The molecular weight excluding hydrogens is 268 g/mol. The number of hydrogen-bond donors (Lipinski definition) is 3. The molecule has 0 spiro atoms. The van der Waals surface area contributed by atoms with Crippen molar-refractivity contribution in [3.63, 3.8) is 0 Å². The lowest BCUT2D eigenvalue weighted by molar-refractivity contribution is 0.0930. The van der Waals surface area contributed by atoms with E-state index in [1.807, 2.05) is 25.1 Å². The van der Waals surface area contributed by atoms with E-state index in [0.29, 0.717) is 11.4 Å². The lowest BCUT2D eigenvalue weighted by Crippen LogP contribution is -2.35. The molecule has 0 aliphatic carbocycles. The lowest BCUT2D eigenvalue weighted by Gasteiger charge is -2.13. The maximum Gasteiger partial charge on any atom is 0.341 e. The summed E-state index contributed by atoms with van der Waals surface area (Å²) in [5, 5.41) is 9.10. The van der Waals surface area contributed by atoms with Gasteiger partial charge in [-0.05, 0) is 25.0 Å². The van der Waals surface area contributed by atoms with E-state index < -0.39 is 11.6 Å². The molecule has 0 radical (unpaired) electrons. The molecule has 100 valence electrons. The van der Waals surface area contributed by atoms with Crippen molar-refractivity contribution in [2.24, 2.45) is 0 Å². The van der Waals surface area contributed by atoms with Gasteiger partial charge in [-0.2, -0.15) is 0 Å². The number of rotatable bonds is 4. The fraction of sp³-hybridized carbons (Fsp3) is 0.250. The number of aromatic amines is 2. The largest absolute Gasteiger partial charge is 0.347 e. The Hall–Kier alpha value is -2.08. The van der Waals surface area contributed by atoms with Crippen LogP contribution in [0.5, 0.6) is 0 Å². The van der Waals surface area contributed by atoms with Gasteiger partial charge in [-0.25, -0.2) is 9.89 Å². The van der Waals surface area contributed by atoms with Gasteiger partial charge in [0.25, 0.3) is 5.91 Å². The maximum absolute atomic E-state index is 11.7. The summed E-state index contributed by atoms with van der Waals surface area (Å²) in [5.74, 6) is -0.464. The topological polar surface area (TPSA) is 90.6 Å². The number of H-pyrrole nitrogens is 2. The summed E-state index contributed by atoms with van der Waals surface area (Å²) in [7, 11) is 0. The lowest BCUT2D eigenvalue weighted by atomic mass is 10.1. The fourth-order valence-electron chi connectivity index (χ4n) is 1.71. The van der Waals surface area contributed by atoms with Gasteiger partial charge in [0.05, 0.1) is 0 Å². The van der Waals surface area contributed by atoms with Crippen molar-refractivity contribution in [3.05, 3.63) is 51.2 Å². The van der Waals surface area contributed by atoms with Crippen molar-refractivity contribution < 1.29 is 4.79 Å². The van der Waals surface area contributed by atoms with Crippen molar-refractivity contribution >= 4 is 17.5 Å². The molecule has 1 aromatic carbocycles. The van der Waals surface area contributed by atoms with E-state index in [2.05, 4.69) is 20.5 Å². The molecule has 0 saturated carbocycles. The molecule has 3 N–H and O–H groups in total. The highest BCUT2D eigenvalue weighted by molar-refractivity contribution is 6.31. The van der Waals surface area contributed by atoms with Gasteiger partial charge in [0.15, 0.2) is 0 Å². The predicted octanol–water partition coefficient (Wildman–Crippen LogP) is 1.11. The summed E-state index contributed by atoms with van der Waals surface area (Å²) in [6, 6.07) is 7.32. The Morgan fingerprint density at radius 2 is 2.21 bits per heavy atom. The van der Waals surface area contributed by atoms with Gasteiger partial charge in [-0.15, -0.1) is 5.10 Å². The second-order valence-electron chi connectivity index (χ2n) is 4.20. The quantitative estimate of drug-likeness (QED) is 0.783. The van der Waals surface area contributed by atoms with Gasteiger partial charge in [-0.3, -0.25) is 9.78 Å². The highest BCUT2D eigenvalue weighted by atomic mass is 35.5. The maximum atomic E-state index is 11.7. The number of carbonyl (C=O) groups is 1. The Morgan fingerprint density at radius 1 is 1.47 bits per heavy atom. The smallest absolute Gasteiger partial charge is 0.341 e. The van der Waals surface area contributed by atoms with E-state index in [-0.39, 0.29) is 11.9 Å². The van der Waals surface area contributed by atoms with Crippen LogP contribution in [0.3, 0.4) is 0 Å². The van der Waals surface area contributed by atoms with E-state index in [9.17, 15) is 9.59 Å². The first-order chi connectivity index (χ1) is 9.06. The molecule has 0 unspecified atom stereocenters. The third-order valence-electron chi connectivity index (χ3n) is 2.58. The van der Waals surface area contributed by atoms with Crippen LogP contribution in [0, 0.1) is 0 Å². The molecule has 7 heteroatoms. The number of amides is 1. The Bertz CT molecular complexity index is 634. The molecule has 0 bridgehead atoms. The first-order valence-electron chi connectivity index (χ1n) is 5.75. The van der Waals surface area contributed by atoms with Crippen LogP contribution in [0.4, 0.5) is 0 Å². The number of carbonyl (C=O) groups excluding carboxylic acids is 1. The first-order valence-corrected chi connectivity index (χ1v) is 6.13. The molecule has 0 aliphatic heterocycles. The standard InChI is InChI=1S/C12H13ClN4O2/c1-7(6-8-4-2-3-5-9(8)13)14-11(18)10-15-12(19)17-16-10/h2-5,7H,6H2,1H3,(H,14,18)(H2,15,16,17,19)/t7-/m1/s1. The second kappa shape index (κ2) is 5.71. The molecule has 2 rings (SSSR count). The average Bonchev–Trinajstić information content (AvgIpc) is 2.79. The molecule has 2 aromatic rings. The number of benzene rings is 1. The predicted molar refractivity (Wildman–Crippen MR) is 71.3 cm³/mol. The van der Waals surface area contributed by atoms with Crippen LogP contribution >= 0.6 is 11.6 Å². The number of hydrogen-bond acceptors (Lipinski definition) is 3. The van der Waals surface area contributed by atoms with Crippen LogP contribution in [-0.4, -0.2) is 27.1 Å². The molecular formula is C12H13ClN4O2. The Kier molecular flexibility index (Phi) is 4.01. The van der Waals surface area contributed by atoms with E-state index in [0.717, 1.165) is 5.56 Å². The van der Waals surface area contributed by atoms with Crippen LogP contribution in [0.15, 0.2) is 29.1 Å². The third-order valence-corrected chi connectivity index (χ3v) is 2.95. The second-order valence-corrected chi connectivity index (χ2v) is 4.60. The van der Waals surface area contributed by atoms with E-state index in [4.69, 9.17) is 11.6 Å². The molecule has 1 aromatic heterocycles. The number of nitrogens with one attached hydrogen (secondary N) is 3. The van der Waals surface area contributed by atoms with Crippen LogP contribution in [-0.2, 0) is 6.42 Å². The highest BCUT2D eigenvalue weighted by Crippen LogP contribution is 2.16. The van der Waals surface area contributed by atoms with Gasteiger partial charge in [0.2, 0.25) is 5.82 Å². The molecule has 1 heterocycles. The van der Waals surface area contributed by atoms with Crippen LogP contribution in [0.2, 0.25) is 5.02 Å². The van der Waals surface area contributed by atoms with Gasteiger partial charge in [-0.1, -0.05) is 29.8 Å². The zero-order valence-corrected chi connectivity index (χ0v) is 11.0. The van der Waals surface area contributed by atoms with Crippen molar-refractivity contribution in [1.29, 1.82) is 0 Å². The van der Waals surface area contributed by atoms with E-state index >= 15 is 0 Å². The third kappa shape index (κ3) is 3.45. The monoisotopic (exact) mass is 280 g/mol. The highest BCUT2D eigenvalue weighted by Gasteiger charge is 2.14. The molecule has 1 atom stereocenters. The van der Waals surface area contributed by atoms with Crippen LogP contribution < -0.4 is 11.0 Å². The summed E-state index contributed by atoms with van der Waals surface area (Å²) in [6.45, 7) is 1.85. The van der Waals surface area contributed by atoms with Gasteiger partial charge >= 0.3 is 5.69 Å². The fourth-order valence-corrected chi connectivity index (χ4v) is 1.93. The molecule has 6 nitrogen and oxygen atoms in total. The number of nitrogens with zero attached hydrogens (tertiary/aromatic N) is 1. The summed E-state index contributed by atoms with van der Waals surface area (Å²) >= 11 is 6.05. The van der Waals surface area contributed by atoms with E-state index in [1.165, 1.54) is 0 Å². The van der Waals surface area contributed by atoms with Gasteiger partial charge in [0.1, 0.15) is 0 Å². The first kappa shape index (κ1) is 13.4. The minimum atomic E-state index is -0.510. The minimum Gasteiger partial charge on any atom is -0.347 e. The molecule has 19 heavy (non-hydrogen) atoms. The zero-order valence-electron chi connectivity index (χ0n) is 10.2. The molecule has 0 saturated heterocycles. The summed E-state index contributed by atoms with van der Waals surface area (Å²) in [6.07, 6.45) is 0.597. The minimum absolute atomic E-state index is 0.0315. The number of aromatic nitrogens is 3. The molecule has 0 fully saturated rings. The Labute approximate surface area is 114 Å². The van der Waals surface area contributed by atoms with E-state index in [1.54, 1.807) is 6.07 Å². The van der Waals surface area contributed by atoms with Crippen molar-refractivity contribution in [2.45, 2.75) is 19.4 Å². The number of halogens is 1. The van der Waals surface area contributed by atoms with Crippen molar-refractivity contribution in [3.8, 4) is 0 Å². The van der Waals surface area contributed by atoms with Gasteiger partial charge < -0.3 is 5.32 Å². The average molecular weight is 281 g/mol.